The third-order valence-electron chi connectivity index (χ3n) is 3.94. The molecule has 0 radical (unpaired) electrons. The molecule has 2 aromatic heterocycles. The van der Waals surface area contributed by atoms with Crippen molar-refractivity contribution in [2.45, 2.75) is 19.9 Å². The molecule has 6 heteroatoms. The number of nitrogens with one attached hydrogen (secondary N) is 2. The van der Waals surface area contributed by atoms with Gasteiger partial charge < -0.3 is 15.2 Å². The molecule has 3 rings (SSSR count). The fraction of sp³-hybridized carbons (Fsp3) is 0.375. The average Bonchev–Trinajstić information content (AvgIpc) is 2.86. The summed E-state index contributed by atoms with van der Waals surface area (Å²) in [7, 11) is 0. The molecule has 1 amide bonds. The van der Waals surface area contributed by atoms with Crippen LogP contribution in [0.15, 0.2) is 30.6 Å². The molecule has 1 saturated heterocycles. The zero-order valence-electron chi connectivity index (χ0n) is 12.8. The first kappa shape index (κ1) is 16.5. The third kappa shape index (κ3) is 3.15. The molecule has 22 heavy (non-hydrogen) atoms. The van der Waals surface area contributed by atoms with Gasteiger partial charge in [-0.05, 0) is 37.1 Å². The van der Waals surface area contributed by atoms with Gasteiger partial charge in [0.25, 0.3) is 5.91 Å². The summed E-state index contributed by atoms with van der Waals surface area (Å²) in [5.41, 5.74) is 3.78. The Hall–Kier alpha value is -1.85. The van der Waals surface area contributed by atoms with Crippen molar-refractivity contribution in [2.75, 3.05) is 19.6 Å². The van der Waals surface area contributed by atoms with Gasteiger partial charge in [-0.1, -0.05) is 6.07 Å². The molecule has 1 atom stereocenters. The van der Waals surface area contributed by atoms with Crippen molar-refractivity contribution in [3.63, 3.8) is 0 Å². The van der Waals surface area contributed by atoms with Crippen LogP contribution in [0, 0.1) is 13.8 Å². The van der Waals surface area contributed by atoms with E-state index in [0.717, 1.165) is 29.9 Å². The molecule has 0 bridgehead atoms. The van der Waals surface area contributed by atoms with Gasteiger partial charge in [0, 0.05) is 37.7 Å². The van der Waals surface area contributed by atoms with E-state index in [1.165, 1.54) is 0 Å². The summed E-state index contributed by atoms with van der Waals surface area (Å²) in [6, 6.07) is 5.98. The number of piperazine rings is 1. The van der Waals surface area contributed by atoms with Gasteiger partial charge in [-0.15, -0.1) is 12.4 Å². The Labute approximate surface area is 136 Å². The monoisotopic (exact) mass is 320 g/mol. The van der Waals surface area contributed by atoms with Crippen molar-refractivity contribution in [3.8, 4) is 0 Å². The molecule has 1 fully saturated rings. The topological polar surface area (TPSA) is 61.0 Å². The quantitative estimate of drug-likeness (QED) is 0.892. The van der Waals surface area contributed by atoms with Gasteiger partial charge in [0.05, 0.1) is 6.04 Å². The highest BCUT2D eigenvalue weighted by molar-refractivity contribution is 5.94. The number of halogens is 1. The van der Waals surface area contributed by atoms with Gasteiger partial charge in [0.15, 0.2) is 0 Å². The first-order chi connectivity index (χ1) is 10.2. The van der Waals surface area contributed by atoms with Crippen LogP contribution in [0.25, 0.3) is 0 Å². The van der Waals surface area contributed by atoms with Crippen LogP contribution in [0.2, 0.25) is 0 Å². The summed E-state index contributed by atoms with van der Waals surface area (Å²) in [4.78, 5) is 22.2. The smallest absolute Gasteiger partial charge is 0.271 e. The number of H-pyrrole nitrogens is 1. The fourth-order valence-corrected chi connectivity index (χ4v) is 2.91. The van der Waals surface area contributed by atoms with Crippen molar-refractivity contribution in [2.24, 2.45) is 0 Å². The Morgan fingerprint density at radius 1 is 1.41 bits per heavy atom. The van der Waals surface area contributed by atoms with E-state index in [9.17, 15) is 4.79 Å². The zero-order valence-corrected chi connectivity index (χ0v) is 13.6. The molecule has 0 saturated carbocycles. The Kier molecular flexibility index (Phi) is 5.21. The molecule has 0 aliphatic carbocycles. The molecular formula is C16H21ClN4O. The van der Waals surface area contributed by atoms with Gasteiger partial charge in [0.2, 0.25) is 0 Å². The number of nitrogens with zero attached hydrogens (tertiary/aromatic N) is 2. The molecule has 2 aromatic rings. The lowest BCUT2D eigenvalue weighted by atomic mass is 10.0. The van der Waals surface area contributed by atoms with E-state index in [1.807, 2.05) is 43.1 Å². The van der Waals surface area contributed by atoms with Crippen LogP contribution in [0.1, 0.15) is 33.4 Å². The number of rotatable bonds is 2. The molecule has 1 unspecified atom stereocenters. The number of aryl methyl sites for hydroxylation is 2. The summed E-state index contributed by atoms with van der Waals surface area (Å²) in [5, 5.41) is 3.36. The summed E-state index contributed by atoms with van der Waals surface area (Å²) >= 11 is 0. The zero-order chi connectivity index (χ0) is 14.8. The van der Waals surface area contributed by atoms with Crippen LogP contribution in [0.5, 0.6) is 0 Å². The summed E-state index contributed by atoms with van der Waals surface area (Å²) in [5.74, 6) is 0.0657. The van der Waals surface area contributed by atoms with Crippen LogP contribution in [0.3, 0.4) is 0 Å². The predicted molar refractivity (Wildman–Crippen MR) is 88.4 cm³/mol. The molecule has 5 nitrogen and oxygen atoms in total. The van der Waals surface area contributed by atoms with E-state index < -0.39 is 0 Å². The number of aromatic amines is 1. The van der Waals surface area contributed by atoms with Crippen LogP contribution in [-0.4, -0.2) is 40.4 Å². The van der Waals surface area contributed by atoms with E-state index in [-0.39, 0.29) is 24.4 Å². The standard InChI is InChI=1S/C16H20N4O.ClH/c1-11-8-12(2)19-15(11)16(21)20-7-6-18-10-14(20)13-4-3-5-17-9-13;/h3-5,8-9,14,18-19H,6-7,10H2,1-2H3;1H. The number of carbonyl (C=O) groups excluding carboxylic acids is 1. The van der Waals surface area contributed by atoms with E-state index in [4.69, 9.17) is 0 Å². The number of hydrogen-bond acceptors (Lipinski definition) is 3. The summed E-state index contributed by atoms with van der Waals surface area (Å²) in [6.45, 7) is 6.23. The summed E-state index contributed by atoms with van der Waals surface area (Å²) in [6.07, 6.45) is 3.59. The van der Waals surface area contributed by atoms with Crippen LogP contribution < -0.4 is 5.32 Å². The lowest BCUT2D eigenvalue weighted by Gasteiger charge is -2.36. The fourth-order valence-electron chi connectivity index (χ4n) is 2.91. The summed E-state index contributed by atoms with van der Waals surface area (Å²) < 4.78 is 0. The average molecular weight is 321 g/mol. The molecule has 1 aliphatic heterocycles. The Morgan fingerprint density at radius 3 is 2.86 bits per heavy atom. The van der Waals surface area contributed by atoms with Crippen LogP contribution in [-0.2, 0) is 0 Å². The molecule has 1 aliphatic rings. The molecule has 118 valence electrons. The SMILES string of the molecule is Cc1cc(C)c(C(=O)N2CCNCC2c2cccnc2)[nH]1.Cl. The van der Waals surface area contributed by atoms with Gasteiger partial charge >= 0.3 is 0 Å². The number of amides is 1. The Morgan fingerprint density at radius 2 is 2.23 bits per heavy atom. The van der Waals surface area contributed by atoms with Gasteiger partial charge in [-0.3, -0.25) is 9.78 Å². The number of carbonyl (C=O) groups is 1. The van der Waals surface area contributed by atoms with E-state index >= 15 is 0 Å². The molecule has 0 aromatic carbocycles. The second-order valence-corrected chi connectivity index (χ2v) is 5.52. The first-order valence-corrected chi connectivity index (χ1v) is 7.24. The number of aromatic nitrogens is 2. The molecule has 0 spiro atoms. The number of pyridine rings is 1. The van der Waals surface area contributed by atoms with Crippen molar-refractivity contribution >= 4 is 18.3 Å². The van der Waals surface area contributed by atoms with Gasteiger partial charge in [0.1, 0.15) is 5.69 Å². The predicted octanol–water partition coefficient (Wildman–Crippen LogP) is 2.24. The minimum Gasteiger partial charge on any atom is -0.354 e. The largest absolute Gasteiger partial charge is 0.354 e. The van der Waals surface area contributed by atoms with Crippen LogP contribution in [0.4, 0.5) is 0 Å². The highest BCUT2D eigenvalue weighted by Gasteiger charge is 2.30. The van der Waals surface area contributed by atoms with E-state index in [2.05, 4.69) is 15.3 Å². The maximum Gasteiger partial charge on any atom is 0.271 e. The number of hydrogen-bond donors (Lipinski definition) is 2. The molecule has 2 N–H and O–H groups in total. The minimum atomic E-state index is 0. The third-order valence-corrected chi connectivity index (χ3v) is 3.94. The highest BCUT2D eigenvalue weighted by Crippen LogP contribution is 2.24. The van der Waals surface area contributed by atoms with Gasteiger partial charge in [-0.2, -0.15) is 0 Å². The maximum absolute atomic E-state index is 12.9. The van der Waals surface area contributed by atoms with Crippen molar-refractivity contribution in [1.82, 2.24) is 20.2 Å². The second kappa shape index (κ2) is 6.94. The minimum absolute atomic E-state index is 0. The molecular weight excluding hydrogens is 300 g/mol. The van der Waals surface area contributed by atoms with Crippen molar-refractivity contribution < 1.29 is 4.79 Å². The first-order valence-electron chi connectivity index (χ1n) is 7.24. The van der Waals surface area contributed by atoms with E-state index in [1.54, 1.807) is 6.20 Å². The second-order valence-electron chi connectivity index (χ2n) is 5.52. The Balaban J connectivity index is 0.00000176. The molecule has 3 heterocycles. The Bertz CT molecular complexity index is 641. The lowest BCUT2D eigenvalue weighted by molar-refractivity contribution is 0.0627. The maximum atomic E-state index is 12.9. The van der Waals surface area contributed by atoms with Crippen LogP contribution >= 0.6 is 12.4 Å². The van der Waals surface area contributed by atoms with Gasteiger partial charge in [-0.25, -0.2) is 0 Å². The van der Waals surface area contributed by atoms with Crippen molar-refractivity contribution in [1.29, 1.82) is 0 Å². The van der Waals surface area contributed by atoms with E-state index in [0.29, 0.717) is 12.2 Å². The highest BCUT2D eigenvalue weighted by atomic mass is 35.5. The van der Waals surface area contributed by atoms with Crippen molar-refractivity contribution in [3.05, 3.63) is 53.1 Å². The normalized spacial score (nSPS) is 17.9. The lowest BCUT2D eigenvalue weighted by Crippen LogP contribution is -2.49.